The molecule has 2 aromatic heterocycles. The zero-order valence-electron chi connectivity index (χ0n) is 15.2. The van der Waals surface area contributed by atoms with Crippen LogP contribution in [0, 0.1) is 0 Å². The Bertz CT molecular complexity index is 915. The van der Waals surface area contributed by atoms with Crippen molar-refractivity contribution in [2.75, 3.05) is 20.2 Å². The maximum atomic E-state index is 6.20. The Hall–Kier alpha value is -2.11. The molecule has 1 aromatic carbocycles. The molecule has 6 heteroatoms. The number of hydrogen-bond donors (Lipinski definition) is 0. The predicted octanol–water partition coefficient (Wildman–Crippen LogP) is 4.01. The fourth-order valence-corrected chi connectivity index (χ4v) is 4.02. The van der Waals surface area contributed by atoms with E-state index in [4.69, 9.17) is 21.3 Å². The Morgan fingerprint density at radius 3 is 2.77 bits per heavy atom. The van der Waals surface area contributed by atoms with Gasteiger partial charge < -0.3 is 9.30 Å². The average Bonchev–Trinajstić information content (AvgIpc) is 2.98. The first kappa shape index (κ1) is 17.3. The van der Waals surface area contributed by atoms with Crippen LogP contribution in [0.4, 0.5) is 0 Å². The summed E-state index contributed by atoms with van der Waals surface area (Å²) in [7, 11) is 3.77. The zero-order valence-corrected chi connectivity index (χ0v) is 15.9. The van der Waals surface area contributed by atoms with Gasteiger partial charge in [-0.3, -0.25) is 4.90 Å². The quantitative estimate of drug-likeness (QED) is 0.696. The highest BCUT2D eigenvalue weighted by molar-refractivity contribution is 6.30. The number of methoxy groups -OCH3 is 1. The molecule has 4 rings (SSSR count). The third-order valence-electron chi connectivity index (χ3n) is 5.30. The molecular formula is C20H23ClN4O. The number of piperidine rings is 1. The molecular weight excluding hydrogens is 348 g/mol. The number of ether oxygens (including phenoxy) is 1. The lowest BCUT2D eigenvalue weighted by Crippen LogP contribution is -2.33. The molecule has 136 valence electrons. The van der Waals surface area contributed by atoms with E-state index in [-0.39, 0.29) is 0 Å². The van der Waals surface area contributed by atoms with E-state index >= 15 is 0 Å². The number of benzene rings is 1. The molecule has 1 saturated heterocycles. The summed E-state index contributed by atoms with van der Waals surface area (Å²) in [5, 5.41) is 0.774. The first-order valence-corrected chi connectivity index (χ1v) is 9.35. The highest BCUT2D eigenvalue weighted by Crippen LogP contribution is 2.36. The highest BCUT2D eigenvalue weighted by atomic mass is 35.5. The van der Waals surface area contributed by atoms with Gasteiger partial charge in [0.2, 0.25) is 0 Å². The van der Waals surface area contributed by atoms with Crippen molar-refractivity contribution in [3.63, 3.8) is 0 Å². The number of halogens is 1. The molecule has 0 unspecified atom stereocenters. The van der Waals surface area contributed by atoms with Crippen LogP contribution in [0.2, 0.25) is 5.02 Å². The second kappa shape index (κ2) is 7.25. The van der Waals surface area contributed by atoms with E-state index in [1.807, 2.05) is 37.5 Å². The predicted molar refractivity (Wildman–Crippen MR) is 104 cm³/mol. The summed E-state index contributed by atoms with van der Waals surface area (Å²) in [6.07, 6.45) is 4.01. The number of nitrogens with zero attached hydrogens (tertiary/aromatic N) is 4. The van der Waals surface area contributed by atoms with Crippen molar-refractivity contribution in [3.05, 3.63) is 52.9 Å². The average molecular weight is 371 g/mol. The maximum Gasteiger partial charge on any atom is 0.159 e. The molecule has 3 aromatic rings. The van der Waals surface area contributed by atoms with E-state index in [9.17, 15) is 0 Å². The summed E-state index contributed by atoms with van der Waals surface area (Å²) in [5.74, 6) is 2.49. The second-order valence-electron chi connectivity index (χ2n) is 6.87. The number of hydrogen-bond acceptors (Lipinski definition) is 4. The first-order chi connectivity index (χ1) is 12.7. The van der Waals surface area contributed by atoms with Gasteiger partial charge in [-0.2, -0.15) is 0 Å². The van der Waals surface area contributed by atoms with Gasteiger partial charge >= 0.3 is 0 Å². The van der Waals surface area contributed by atoms with Crippen molar-refractivity contribution in [1.82, 2.24) is 19.4 Å². The lowest BCUT2D eigenvalue weighted by molar-refractivity contribution is 0.197. The van der Waals surface area contributed by atoms with Crippen molar-refractivity contribution in [2.24, 2.45) is 7.05 Å². The Balaban J connectivity index is 1.45. The summed E-state index contributed by atoms with van der Waals surface area (Å²) >= 11 is 6.20. The molecule has 1 fully saturated rings. The number of fused-ring (bicyclic) bond motifs is 1. The van der Waals surface area contributed by atoms with Crippen molar-refractivity contribution in [1.29, 1.82) is 0 Å². The third kappa shape index (κ3) is 3.29. The molecule has 5 nitrogen and oxygen atoms in total. The molecule has 0 atom stereocenters. The topological polar surface area (TPSA) is 43.2 Å². The molecule has 0 radical (unpaired) electrons. The van der Waals surface area contributed by atoms with Crippen LogP contribution in [0.5, 0.6) is 5.75 Å². The molecule has 0 N–H and O–H groups in total. The van der Waals surface area contributed by atoms with Crippen LogP contribution in [-0.2, 0) is 13.6 Å². The Morgan fingerprint density at radius 2 is 2.04 bits per heavy atom. The molecule has 3 heterocycles. The Kier molecular flexibility index (Phi) is 4.83. The molecule has 0 bridgehead atoms. The molecule has 0 aliphatic carbocycles. The number of imidazole rings is 1. The van der Waals surface area contributed by atoms with E-state index in [1.54, 1.807) is 7.11 Å². The van der Waals surface area contributed by atoms with Crippen LogP contribution in [0.1, 0.15) is 30.1 Å². The van der Waals surface area contributed by atoms with Crippen molar-refractivity contribution in [3.8, 4) is 5.75 Å². The molecule has 0 saturated carbocycles. The van der Waals surface area contributed by atoms with E-state index in [0.29, 0.717) is 5.92 Å². The summed E-state index contributed by atoms with van der Waals surface area (Å²) in [5.41, 5.74) is 3.14. The number of pyridine rings is 1. The van der Waals surface area contributed by atoms with Crippen LogP contribution < -0.4 is 4.74 Å². The van der Waals surface area contributed by atoms with Gasteiger partial charge in [0.05, 0.1) is 13.7 Å². The van der Waals surface area contributed by atoms with E-state index in [1.165, 1.54) is 5.56 Å². The van der Waals surface area contributed by atoms with E-state index in [0.717, 1.165) is 60.2 Å². The SMILES string of the molecule is COc1ccc(Cl)cc1C1CCN(Cc2nc3cccnc3n2C)CC1. The Morgan fingerprint density at radius 1 is 1.23 bits per heavy atom. The van der Waals surface area contributed by atoms with Crippen LogP contribution in [0.15, 0.2) is 36.5 Å². The van der Waals surface area contributed by atoms with Gasteiger partial charge in [0, 0.05) is 18.3 Å². The van der Waals surface area contributed by atoms with Crippen LogP contribution in [0.3, 0.4) is 0 Å². The summed E-state index contributed by atoms with van der Waals surface area (Å²) < 4.78 is 7.63. The van der Waals surface area contributed by atoms with Crippen molar-refractivity contribution in [2.45, 2.75) is 25.3 Å². The zero-order chi connectivity index (χ0) is 18.1. The number of aromatic nitrogens is 3. The monoisotopic (exact) mass is 370 g/mol. The minimum absolute atomic E-state index is 0.488. The number of aryl methyl sites for hydroxylation is 1. The summed E-state index contributed by atoms with van der Waals surface area (Å²) in [4.78, 5) is 11.6. The smallest absolute Gasteiger partial charge is 0.159 e. The van der Waals surface area contributed by atoms with E-state index in [2.05, 4.69) is 20.5 Å². The van der Waals surface area contributed by atoms with Crippen LogP contribution in [-0.4, -0.2) is 39.6 Å². The highest BCUT2D eigenvalue weighted by Gasteiger charge is 2.24. The lowest BCUT2D eigenvalue weighted by Gasteiger charge is -2.32. The normalized spacial score (nSPS) is 16.3. The molecule has 1 aliphatic rings. The third-order valence-corrected chi connectivity index (χ3v) is 5.54. The van der Waals surface area contributed by atoms with Gasteiger partial charge in [-0.15, -0.1) is 0 Å². The fourth-order valence-electron chi connectivity index (χ4n) is 3.84. The molecule has 0 amide bonds. The summed E-state index contributed by atoms with van der Waals surface area (Å²) in [6.45, 7) is 2.93. The standard InChI is InChI=1S/C20H23ClN4O/c1-24-19(23-17-4-3-9-22-20(17)24)13-25-10-7-14(8-11-25)16-12-15(21)5-6-18(16)26-2/h3-6,9,12,14H,7-8,10-11,13H2,1-2H3. The number of rotatable bonds is 4. The maximum absolute atomic E-state index is 6.20. The minimum atomic E-state index is 0.488. The van der Waals surface area contributed by atoms with E-state index < -0.39 is 0 Å². The van der Waals surface area contributed by atoms with Gasteiger partial charge in [0.15, 0.2) is 5.65 Å². The van der Waals surface area contributed by atoms with Crippen molar-refractivity contribution >= 4 is 22.8 Å². The molecule has 26 heavy (non-hydrogen) atoms. The van der Waals surface area contributed by atoms with Gasteiger partial charge in [0.1, 0.15) is 17.1 Å². The van der Waals surface area contributed by atoms with Gasteiger partial charge in [0.25, 0.3) is 0 Å². The van der Waals surface area contributed by atoms with Crippen molar-refractivity contribution < 1.29 is 4.74 Å². The van der Waals surface area contributed by atoms with Crippen LogP contribution >= 0.6 is 11.6 Å². The second-order valence-corrected chi connectivity index (χ2v) is 7.31. The van der Waals surface area contributed by atoms with Crippen LogP contribution in [0.25, 0.3) is 11.2 Å². The fraction of sp³-hybridized carbons (Fsp3) is 0.400. The molecule has 0 spiro atoms. The van der Waals surface area contributed by atoms with Gasteiger partial charge in [-0.05, 0) is 67.7 Å². The first-order valence-electron chi connectivity index (χ1n) is 8.98. The largest absolute Gasteiger partial charge is 0.496 e. The minimum Gasteiger partial charge on any atom is -0.496 e. The lowest BCUT2D eigenvalue weighted by atomic mass is 9.89. The van der Waals surface area contributed by atoms with Gasteiger partial charge in [-0.1, -0.05) is 11.6 Å². The molecule has 1 aliphatic heterocycles. The Labute approximate surface area is 158 Å². The summed E-state index contributed by atoms with van der Waals surface area (Å²) in [6, 6.07) is 9.86. The van der Waals surface area contributed by atoms with Gasteiger partial charge in [-0.25, -0.2) is 9.97 Å². The number of likely N-dealkylation sites (tertiary alicyclic amines) is 1.